The molecular weight excluding hydrogens is 354 g/mol. The summed E-state index contributed by atoms with van der Waals surface area (Å²) in [6.07, 6.45) is 3.06. The third kappa shape index (κ3) is 3.50. The molecule has 1 aromatic carbocycles. The number of para-hydroxylation sites is 1. The van der Waals surface area contributed by atoms with E-state index in [1.54, 1.807) is 6.92 Å². The third-order valence-corrected chi connectivity index (χ3v) is 6.75. The van der Waals surface area contributed by atoms with Crippen LogP contribution >= 0.6 is 0 Å². The van der Waals surface area contributed by atoms with E-state index in [0.717, 1.165) is 64.2 Å². The molecule has 0 N–H and O–H groups in total. The monoisotopic (exact) mass is 385 g/mol. The number of benzene rings is 1. The minimum atomic E-state index is -0.172. The minimum absolute atomic E-state index is 0.103. The topological polar surface area (TPSA) is 53.1 Å². The highest BCUT2D eigenvalue weighted by molar-refractivity contribution is 5.94. The molecule has 4 rings (SSSR count). The predicted octanol–water partition coefficient (Wildman–Crippen LogP) is 2.87. The summed E-state index contributed by atoms with van der Waals surface area (Å²) < 4.78 is 5.13. The number of likely N-dealkylation sites (tertiary alicyclic amines) is 2. The van der Waals surface area contributed by atoms with Gasteiger partial charge in [0.2, 0.25) is 5.91 Å². The predicted molar refractivity (Wildman–Crippen MR) is 109 cm³/mol. The zero-order valence-electron chi connectivity index (χ0n) is 17.0. The van der Waals surface area contributed by atoms with Crippen molar-refractivity contribution < 1.29 is 14.3 Å². The highest BCUT2D eigenvalue weighted by atomic mass is 16.6. The van der Waals surface area contributed by atoms with Crippen molar-refractivity contribution in [1.29, 1.82) is 0 Å². The molecule has 1 spiro atoms. The van der Waals surface area contributed by atoms with E-state index < -0.39 is 0 Å². The first-order chi connectivity index (χ1) is 13.5. The Hall–Kier alpha value is -2.08. The minimum Gasteiger partial charge on any atom is -0.450 e. The van der Waals surface area contributed by atoms with Crippen molar-refractivity contribution in [2.45, 2.75) is 38.5 Å². The summed E-state index contributed by atoms with van der Waals surface area (Å²) in [6.45, 7) is 9.53. The van der Waals surface area contributed by atoms with Crippen LogP contribution in [0.15, 0.2) is 24.3 Å². The maximum absolute atomic E-state index is 12.1. The number of fused-ring (bicyclic) bond motifs is 2. The van der Waals surface area contributed by atoms with Crippen molar-refractivity contribution in [2.75, 3.05) is 50.8 Å². The number of hydrogen-bond acceptors (Lipinski definition) is 4. The van der Waals surface area contributed by atoms with Crippen LogP contribution < -0.4 is 4.90 Å². The molecule has 1 aromatic rings. The lowest BCUT2D eigenvalue weighted by Crippen LogP contribution is -2.47. The SMILES string of the molecule is CCOC(=O)N1CC[C@@H](CN2CCC3(CC2)CN(C(C)=O)c2ccccc23)C1. The van der Waals surface area contributed by atoms with Crippen LogP contribution in [0.5, 0.6) is 0 Å². The number of amides is 2. The molecule has 3 aliphatic rings. The Morgan fingerprint density at radius 3 is 2.64 bits per heavy atom. The van der Waals surface area contributed by atoms with Crippen LogP contribution in [0, 0.1) is 5.92 Å². The summed E-state index contributed by atoms with van der Waals surface area (Å²) in [5.41, 5.74) is 2.55. The Labute approximate surface area is 167 Å². The zero-order valence-corrected chi connectivity index (χ0v) is 17.0. The van der Waals surface area contributed by atoms with E-state index in [4.69, 9.17) is 4.74 Å². The van der Waals surface area contributed by atoms with Gasteiger partial charge in [-0.05, 0) is 56.8 Å². The maximum Gasteiger partial charge on any atom is 0.409 e. The number of carbonyl (C=O) groups excluding carboxylic acids is 2. The molecule has 0 aliphatic carbocycles. The molecule has 0 unspecified atom stereocenters. The molecule has 0 bridgehead atoms. The molecule has 0 aromatic heterocycles. The van der Waals surface area contributed by atoms with Crippen LogP contribution in [0.4, 0.5) is 10.5 Å². The fourth-order valence-corrected chi connectivity index (χ4v) is 5.23. The van der Waals surface area contributed by atoms with Gasteiger partial charge in [0.25, 0.3) is 0 Å². The molecular formula is C22H31N3O3. The molecule has 3 aliphatic heterocycles. The van der Waals surface area contributed by atoms with Crippen LogP contribution in [0.25, 0.3) is 0 Å². The average Bonchev–Trinajstić information content (AvgIpc) is 3.28. The van der Waals surface area contributed by atoms with Gasteiger partial charge in [-0.3, -0.25) is 4.79 Å². The number of rotatable bonds is 3. The third-order valence-electron chi connectivity index (χ3n) is 6.75. The number of ether oxygens (including phenoxy) is 1. The molecule has 2 saturated heterocycles. The van der Waals surface area contributed by atoms with E-state index >= 15 is 0 Å². The normalized spacial score (nSPS) is 23.9. The number of anilines is 1. The summed E-state index contributed by atoms with van der Waals surface area (Å²) in [5.74, 6) is 0.666. The van der Waals surface area contributed by atoms with Crippen molar-refractivity contribution in [3.63, 3.8) is 0 Å². The highest BCUT2D eigenvalue weighted by Gasteiger charge is 2.45. The van der Waals surface area contributed by atoms with Gasteiger partial charge in [0.15, 0.2) is 0 Å². The summed E-state index contributed by atoms with van der Waals surface area (Å²) in [7, 11) is 0. The molecule has 0 radical (unpaired) electrons. The van der Waals surface area contributed by atoms with E-state index in [1.165, 1.54) is 5.56 Å². The molecule has 1 atom stereocenters. The number of nitrogens with zero attached hydrogens (tertiary/aromatic N) is 3. The van der Waals surface area contributed by atoms with Gasteiger partial charge in [0.05, 0.1) is 6.61 Å². The summed E-state index contributed by atoms with van der Waals surface area (Å²) in [6, 6.07) is 8.42. The number of hydrogen-bond donors (Lipinski definition) is 0. The van der Waals surface area contributed by atoms with Crippen molar-refractivity contribution in [3.8, 4) is 0 Å². The van der Waals surface area contributed by atoms with Crippen molar-refractivity contribution in [2.24, 2.45) is 5.92 Å². The lowest BCUT2D eigenvalue weighted by atomic mass is 9.74. The van der Waals surface area contributed by atoms with Crippen LogP contribution in [-0.4, -0.2) is 67.7 Å². The number of carbonyl (C=O) groups is 2. The Morgan fingerprint density at radius 2 is 1.93 bits per heavy atom. The van der Waals surface area contributed by atoms with Gasteiger partial charge in [-0.1, -0.05) is 18.2 Å². The van der Waals surface area contributed by atoms with Gasteiger partial charge >= 0.3 is 6.09 Å². The van der Waals surface area contributed by atoms with E-state index in [0.29, 0.717) is 12.5 Å². The second-order valence-electron chi connectivity index (χ2n) is 8.50. The second kappa shape index (κ2) is 7.74. The van der Waals surface area contributed by atoms with Gasteiger partial charge in [-0.15, -0.1) is 0 Å². The Bertz CT molecular complexity index is 742. The molecule has 152 valence electrons. The quantitative estimate of drug-likeness (QED) is 0.803. The lowest BCUT2D eigenvalue weighted by molar-refractivity contribution is -0.116. The lowest BCUT2D eigenvalue weighted by Gasteiger charge is -2.40. The molecule has 6 heteroatoms. The molecule has 3 heterocycles. The molecule has 2 amide bonds. The first-order valence-corrected chi connectivity index (χ1v) is 10.5. The van der Waals surface area contributed by atoms with E-state index in [9.17, 15) is 9.59 Å². The van der Waals surface area contributed by atoms with Crippen LogP contribution in [0.3, 0.4) is 0 Å². The Balaban J connectivity index is 1.36. The zero-order chi connectivity index (χ0) is 19.7. The fourth-order valence-electron chi connectivity index (χ4n) is 5.23. The van der Waals surface area contributed by atoms with Crippen molar-refractivity contribution in [3.05, 3.63) is 29.8 Å². The summed E-state index contributed by atoms with van der Waals surface area (Å²) >= 11 is 0. The van der Waals surface area contributed by atoms with Crippen molar-refractivity contribution >= 4 is 17.7 Å². The second-order valence-corrected chi connectivity index (χ2v) is 8.50. The van der Waals surface area contributed by atoms with Crippen molar-refractivity contribution in [1.82, 2.24) is 9.80 Å². The Kier molecular flexibility index (Phi) is 5.32. The van der Waals surface area contributed by atoms with Gasteiger partial charge in [-0.25, -0.2) is 4.79 Å². The average molecular weight is 386 g/mol. The van der Waals surface area contributed by atoms with Gasteiger partial charge in [0, 0.05) is 44.2 Å². The molecule has 0 saturated carbocycles. The van der Waals surface area contributed by atoms with Gasteiger partial charge in [0.1, 0.15) is 0 Å². The van der Waals surface area contributed by atoms with Gasteiger partial charge < -0.3 is 19.4 Å². The van der Waals surface area contributed by atoms with E-state index in [2.05, 4.69) is 23.1 Å². The first kappa shape index (κ1) is 19.2. The highest BCUT2D eigenvalue weighted by Crippen LogP contribution is 2.47. The van der Waals surface area contributed by atoms with E-state index in [-0.39, 0.29) is 17.4 Å². The number of piperidine rings is 1. The molecule has 2 fully saturated rings. The largest absolute Gasteiger partial charge is 0.450 e. The summed E-state index contributed by atoms with van der Waals surface area (Å²) in [5, 5.41) is 0. The summed E-state index contributed by atoms with van der Waals surface area (Å²) in [4.78, 5) is 30.4. The molecule has 6 nitrogen and oxygen atoms in total. The smallest absolute Gasteiger partial charge is 0.409 e. The first-order valence-electron chi connectivity index (χ1n) is 10.5. The Morgan fingerprint density at radius 1 is 1.18 bits per heavy atom. The van der Waals surface area contributed by atoms with Crippen LogP contribution in [0.1, 0.15) is 38.7 Å². The fraction of sp³-hybridized carbons (Fsp3) is 0.636. The van der Waals surface area contributed by atoms with E-state index in [1.807, 2.05) is 22.8 Å². The van der Waals surface area contributed by atoms with Gasteiger partial charge in [-0.2, -0.15) is 0 Å². The van der Waals surface area contributed by atoms with Crippen LogP contribution in [-0.2, 0) is 14.9 Å². The maximum atomic E-state index is 12.1. The standard InChI is InChI=1S/C22H31N3O3/c1-3-28-21(27)24-11-8-18(15-24)14-23-12-9-22(10-13-23)16-25(17(2)26)20-7-5-4-6-19(20)22/h4-7,18H,3,8-16H2,1-2H3/t18-/m0/s1. The molecule has 28 heavy (non-hydrogen) atoms. The van der Waals surface area contributed by atoms with Crippen LogP contribution in [0.2, 0.25) is 0 Å².